The third-order valence-electron chi connectivity index (χ3n) is 3.65. The van der Waals surface area contributed by atoms with Gasteiger partial charge in [0.05, 0.1) is 12.2 Å². The van der Waals surface area contributed by atoms with Gasteiger partial charge in [0, 0.05) is 12.5 Å². The smallest absolute Gasteiger partial charge is 0.416 e. The first-order chi connectivity index (χ1) is 9.50. The van der Waals surface area contributed by atoms with Gasteiger partial charge in [-0.2, -0.15) is 13.2 Å². The number of halogens is 3. The Morgan fingerprint density at radius 2 is 2.00 bits per heavy atom. The Labute approximate surface area is 115 Å². The van der Waals surface area contributed by atoms with Gasteiger partial charge in [-0.05, 0) is 49.7 Å². The Kier molecular flexibility index (Phi) is 4.88. The number of aliphatic hydroxyl groups is 1. The summed E-state index contributed by atoms with van der Waals surface area (Å²) < 4.78 is 42.7. The fourth-order valence-corrected chi connectivity index (χ4v) is 2.36. The molecule has 2 rings (SSSR count). The Hall–Kier alpha value is -1.27. The van der Waals surface area contributed by atoms with Crippen LogP contribution in [0.1, 0.15) is 12.0 Å². The van der Waals surface area contributed by atoms with Crippen molar-refractivity contribution < 1.29 is 23.0 Å². The van der Waals surface area contributed by atoms with Crippen LogP contribution in [0.4, 0.5) is 13.2 Å². The molecular formula is C14H18F3NO2. The van der Waals surface area contributed by atoms with Gasteiger partial charge in [0.2, 0.25) is 0 Å². The fourth-order valence-electron chi connectivity index (χ4n) is 2.36. The van der Waals surface area contributed by atoms with Crippen LogP contribution in [0.2, 0.25) is 0 Å². The van der Waals surface area contributed by atoms with Crippen molar-refractivity contribution in [3.05, 3.63) is 29.8 Å². The first-order valence-electron chi connectivity index (χ1n) is 6.62. The molecule has 2 unspecified atom stereocenters. The highest BCUT2D eigenvalue weighted by atomic mass is 19.4. The number of nitrogens with one attached hydrogen (secondary N) is 1. The molecule has 0 aliphatic carbocycles. The van der Waals surface area contributed by atoms with Gasteiger partial charge in [-0.25, -0.2) is 0 Å². The fraction of sp³-hybridized carbons (Fsp3) is 0.571. The molecule has 1 heterocycles. The molecule has 0 spiro atoms. The number of hydrogen-bond acceptors (Lipinski definition) is 3. The van der Waals surface area contributed by atoms with Crippen molar-refractivity contribution in [3.63, 3.8) is 0 Å². The molecule has 0 amide bonds. The predicted octanol–water partition coefficient (Wildman–Crippen LogP) is 2.30. The molecule has 112 valence electrons. The van der Waals surface area contributed by atoms with Crippen molar-refractivity contribution >= 4 is 0 Å². The molecule has 1 aliphatic heterocycles. The second-order valence-corrected chi connectivity index (χ2v) is 5.03. The van der Waals surface area contributed by atoms with Gasteiger partial charge in [-0.15, -0.1) is 0 Å². The van der Waals surface area contributed by atoms with Crippen molar-refractivity contribution in [2.24, 2.45) is 11.8 Å². The second-order valence-electron chi connectivity index (χ2n) is 5.03. The van der Waals surface area contributed by atoms with Crippen molar-refractivity contribution in [3.8, 4) is 5.75 Å². The monoisotopic (exact) mass is 289 g/mol. The Balaban J connectivity index is 1.89. The van der Waals surface area contributed by atoms with Crippen LogP contribution >= 0.6 is 0 Å². The van der Waals surface area contributed by atoms with Crippen molar-refractivity contribution in [2.45, 2.75) is 12.6 Å². The minimum absolute atomic E-state index is 0.00675. The van der Waals surface area contributed by atoms with E-state index in [1.54, 1.807) is 0 Å². The molecule has 2 atom stereocenters. The summed E-state index contributed by atoms with van der Waals surface area (Å²) in [7, 11) is 0. The number of rotatable bonds is 5. The van der Waals surface area contributed by atoms with E-state index in [2.05, 4.69) is 5.32 Å². The highest BCUT2D eigenvalue weighted by Gasteiger charge is 2.30. The third kappa shape index (κ3) is 3.86. The van der Waals surface area contributed by atoms with E-state index < -0.39 is 11.7 Å². The lowest BCUT2D eigenvalue weighted by molar-refractivity contribution is -0.137. The van der Waals surface area contributed by atoms with Crippen LogP contribution in [-0.2, 0) is 6.18 Å². The summed E-state index contributed by atoms with van der Waals surface area (Å²) in [5.74, 6) is 0.754. The molecule has 1 aromatic rings. The van der Waals surface area contributed by atoms with E-state index in [1.165, 1.54) is 12.1 Å². The van der Waals surface area contributed by atoms with Crippen molar-refractivity contribution in [1.82, 2.24) is 5.32 Å². The Morgan fingerprint density at radius 3 is 2.50 bits per heavy atom. The molecule has 1 fully saturated rings. The zero-order chi connectivity index (χ0) is 14.6. The summed E-state index contributed by atoms with van der Waals surface area (Å²) in [4.78, 5) is 0. The van der Waals surface area contributed by atoms with Crippen LogP contribution in [0.25, 0.3) is 0 Å². The molecule has 1 aromatic carbocycles. The van der Waals surface area contributed by atoms with E-state index in [1.807, 2.05) is 0 Å². The predicted molar refractivity (Wildman–Crippen MR) is 68.5 cm³/mol. The lowest BCUT2D eigenvalue weighted by Gasteiger charge is -2.21. The standard InChI is InChI=1S/C14H18F3NO2/c15-14(16,17)12-1-3-13(4-2-12)20-9-11(8-19)10-5-6-18-7-10/h1-4,10-11,18-19H,5-9H2. The molecule has 0 saturated carbocycles. The largest absolute Gasteiger partial charge is 0.493 e. The number of ether oxygens (including phenoxy) is 1. The van der Waals surface area contributed by atoms with E-state index in [4.69, 9.17) is 4.74 Å². The first kappa shape index (κ1) is 15.1. The van der Waals surface area contributed by atoms with E-state index in [0.29, 0.717) is 18.3 Å². The first-order valence-corrected chi connectivity index (χ1v) is 6.62. The molecule has 0 bridgehead atoms. The SMILES string of the molecule is OCC(COc1ccc(C(F)(F)F)cc1)C1CCNC1. The highest BCUT2D eigenvalue weighted by Crippen LogP contribution is 2.30. The summed E-state index contributed by atoms with van der Waals surface area (Å²) >= 11 is 0. The van der Waals surface area contributed by atoms with Crippen LogP contribution in [0, 0.1) is 11.8 Å². The van der Waals surface area contributed by atoms with Gasteiger partial charge in [0.1, 0.15) is 5.75 Å². The molecular weight excluding hydrogens is 271 g/mol. The van der Waals surface area contributed by atoms with Crippen molar-refractivity contribution in [2.75, 3.05) is 26.3 Å². The lowest BCUT2D eigenvalue weighted by atomic mass is 9.93. The van der Waals surface area contributed by atoms with Crippen LogP contribution in [0.3, 0.4) is 0 Å². The summed E-state index contributed by atoms with van der Waals surface area (Å²) in [5.41, 5.74) is -0.691. The maximum Gasteiger partial charge on any atom is 0.416 e. The van der Waals surface area contributed by atoms with Crippen LogP contribution in [-0.4, -0.2) is 31.4 Å². The zero-order valence-electron chi connectivity index (χ0n) is 11.0. The Morgan fingerprint density at radius 1 is 1.30 bits per heavy atom. The molecule has 6 heteroatoms. The van der Waals surface area contributed by atoms with Gasteiger partial charge in [0.15, 0.2) is 0 Å². The molecule has 0 aromatic heterocycles. The summed E-state index contributed by atoms with van der Waals surface area (Å²) in [5, 5.41) is 12.6. The normalized spacial score (nSPS) is 20.9. The van der Waals surface area contributed by atoms with E-state index in [0.717, 1.165) is 31.6 Å². The highest BCUT2D eigenvalue weighted by molar-refractivity contribution is 5.28. The minimum Gasteiger partial charge on any atom is -0.493 e. The maximum atomic E-state index is 12.4. The zero-order valence-corrected chi connectivity index (χ0v) is 11.0. The quantitative estimate of drug-likeness (QED) is 0.874. The molecule has 2 N–H and O–H groups in total. The van der Waals surface area contributed by atoms with Crippen LogP contribution in [0.5, 0.6) is 5.75 Å². The van der Waals surface area contributed by atoms with E-state index in [-0.39, 0.29) is 12.5 Å². The summed E-state index contributed by atoms with van der Waals surface area (Å²) in [6.07, 6.45) is -3.34. The number of hydrogen-bond donors (Lipinski definition) is 2. The molecule has 1 aliphatic rings. The molecule has 0 radical (unpaired) electrons. The number of alkyl halides is 3. The Bertz CT molecular complexity index is 413. The van der Waals surface area contributed by atoms with Gasteiger partial charge < -0.3 is 15.2 Å². The lowest BCUT2D eigenvalue weighted by Crippen LogP contribution is -2.26. The summed E-state index contributed by atoms with van der Waals surface area (Å²) in [6, 6.07) is 4.62. The van der Waals surface area contributed by atoms with Gasteiger partial charge in [-0.1, -0.05) is 0 Å². The summed E-state index contributed by atoms with van der Waals surface area (Å²) in [6.45, 7) is 2.12. The van der Waals surface area contributed by atoms with Crippen LogP contribution in [0.15, 0.2) is 24.3 Å². The third-order valence-corrected chi connectivity index (χ3v) is 3.65. The van der Waals surface area contributed by atoms with Gasteiger partial charge in [-0.3, -0.25) is 0 Å². The van der Waals surface area contributed by atoms with E-state index in [9.17, 15) is 18.3 Å². The number of aliphatic hydroxyl groups excluding tert-OH is 1. The van der Waals surface area contributed by atoms with Crippen molar-refractivity contribution in [1.29, 1.82) is 0 Å². The molecule has 3 nitrogen and oxygen atoms in total. The second kappa shape index (κ2) is 6.45. The average Bonchev–Trinajstić information content (AvgIpc) is 2.93. The van der Waals surface area contributed by atoms with E-state index >= 15 is 0 Å². The average molecular weight is 289 g/mol. The van der Waals surface area contributed by atoms with Gasteiger partial charge in [0.25, 0.3) is 0 Å². The number of benzene rings is 1. The van der Waals surface area contributed by atoms with Crippen LogP contribution < -0.4 is 10.1 Å². The molecule has 20 heavy (non-hydrogen) atoms. The topological polar surface area (TPSA) is 41.5 Å². The maximum absolute atomic E-state index is 12.4. The molecule has 1 saturated heterocycles. The van der Waals surface area contributed by atoms with Gasteiger partial charge >= 0.3 is 6.18 Å². The minimum atomic E-state index is -4.33.